The summed E-state index contributed by atoms with van der Waals surface area (Å²) < 4.78 is 1.01. The van der Waals surface area contributed by atoms with E-state index in [9.17, 15) is 4.79 Å². The Kier molecular flexibility index (Phi) is 4.29. The van der Waals surface area contributed by atoms with Crippen molar-refractivity contribution in [3.05, 3.63) is 55.5 Å². The quantitative estimate of drug-likeness (QED) is 0.525. The van der Waals surface area contributed by atoms with Crippen LogP contribution in [0.25, 0.3) is 10.1 Å². The Morgan fingerprint density at radius 3 is 2.77 bits per heavy atom. The van der Waals surface area contributed by atoms with Crippen LogP contribution in [0.3, 0.4) is 0 Å². The third kappa shape index (κ3) is 3.06. The molecule has 1 N–H and O–H groups in total. The summed E-state index contributed by atoms with van der Waals surface area (Å²) in [6.07, 6.45) is 1.64. The van der Waals surface area contributed by atoms with Crippen molar-refractivity contribution in [3.8, 4) is 0 Å². The average Bonchev–Trinajstić information content (AvgIpc) is 3.03. The van der Waals surface area contributed by atoms with Crippen molar-refractivity contribution in [2.45, 2.75) is 13.8 Å². The summed E-state index contributed by atoms with van der Waals surface area (Å²) in [7, 11) is 0. The Bertz CT molecular complexity index is 880. The summed E-state index contributed by atoms with van der Waals surface area (Å²) in [5.41, 5.74) is 3.68. The molecule has 0 bridgehead atoms. The number of carbonyl (C=O) groups excluding carboxylic acids is 1. The molecule has 0 fully saturated rings. The van der Waals surface area contributed by atoms with Crippen molar-refractivity contribution in [2.75, 3.05) is 0 Å². The number of hydrogen-bond donors (Lipinski definition) is 1. The van der Waals surface area contributed by atoms with Crippen LogP contribution >= 0.6 is 34.3 Å². The third-order valence-corrected chi connectivity index (χ3v) is 5.70. The first-order valence-corrected chi connectivity index (χ1v) is 8.64. The Balaban J connectivity index is 1.80. The van der Waals surface area contributed by atoms with E-state index in [1.165, 1.54) is 16.2 Å². The molecular formula is C16H13ClN2OS2. The lowest BCUT2D eigenvalue weighted by Gasteiger charge is -1.96. The van der Waals surface area contributed by atoms with E-state index in [4.69, 9.17) is 11.6 Å². The first-order valence-electron chi connectivity index (χ1n) is 6.63. The average molecular weight is 349 g/mol. The van der Waals surface area contributed by atoms with E-state index in [1.807, 2.05) is 44.2 Å². The van der Waals surface area contributed by atoms with Crippen LogP contribution in [0, 0.1) is 13.8 Å². The molecule has 1 amide bonds. The van der Waals surface area contributed by atoms with Gasteiger partial charge < -0.3 is 0 Å². The molecule has 3 nitrogen and oxygen atoms in total. The van der Waals surface area contributed by atoms with Gasteiger partial charge in [0.05, 0.1) is 11.2 Å². The molecule has 0 radical (unpaired) electrons. The highest BCUT2D eigenvalue weighted by atomic mass is 35.5. The lowest BCUT2D eigenvalue weighted by molar-refractivity contribution is 0.0959. The number of nitrogens with one attached hydrogen (secondary N) is 1. The zero-order valence-corrected chi connectivity index (χ0v) is 14.4. The van der Waals surface area contributed by atoms with Crippen LogP contribution in [0.4, 0.5) is 0 Å². The summed E-state index contributed by atoms with van der Waals surface area (Å²) in [5.74, 6) is -0.284. The molecule has 112 valence electrons. The topological polar surface area (TPSA) is 41.5 Å². The number of fused-ring (bicyclic) bond motifs is 1. The van der Waals surface area contributed by atoms with E-state index in [0.29, 0.717) is 9.90 Å². The molecule has 0 atom stereocenters. The molecule has 22 heavy (non-hydrogen) atoms. The summed E-state index contributed by atoms with van der Waals surface area (Å²) in [6.45, 7) is 4.04. The number of rotatable bonds is 3. The summed E-state index contributed by atoms with van der Waals surface area (Å²) in [4.78, 5) is 14.9. The van der Waals surface area contributed by atoms with Gasteiger partial charge in [-0.05, 0) is 37.6 Å². The van der Waals surface area contributed by atoms with E-state index in [-0.39, 0.29) is 5.91 Å². The molecule has 0 aliphatic heterocycles. The second-order valence-electron chi connectivity index (χ2n) is 4.89. The van der Waals surface area contributed by atoms with Crippen LogP contribution in [0.15, 0.2) is 35.4 Å². The molecular weight excluding hydrogens is 336 g/mol. The van der Waals surface area contributed by atoms with Gasteiger partial charge in [0, 0.05) is 19.8 Å². The largest absolute Gasteiger partial charge is 0.283 e. The maximum absolute atomic E-state index is 12.2. The Hall–Kier alpha value is -1.69. The molecule has 0 aliphatic rings. The number of amides is 1. The van der Waals surface area contributed by atoms with Gasteiger partial charge in [-0.1, -0.05) is 23.7 Å². The van der Waals surface area contributed by atoms with Gasteiger partial charge in [0.15, 0.2) is 0 Å². The molecule has 2 heterocycles. The van der Waals surface area contributed by atoms with Gasteiger partial charge in [0.25, 0.3) is 5.91 Å². The first kappa shape index (κ1) is 15.2. The standard InChI is InChI=1S/C16H13ClN2OS2/c1-9-3-6-12-13(7-9)22-15(14(12)17)16(20)19-18-8-11-5-4-10(2)21-11/h3-8H,1-2H3,(H,19,20)/b18-8+. The molecule has 3 rings (SSSR count). The van der Waals surface area contributed by atoms with E-state index in [2.05, 4.69) is 10.5 Å². The van der Waals surface area contributed by atoms with Crippen molar-refractivity contribution in [1.82, 2.24) is 5.43 Å². The van der Waals surface area contributed by atoms with Gasteiger partial charge in [0.1, 0.15) is 4.88 Å². The number of aryl methyl sites for hydroxylation is 2. The van der Waals surface area contributed by atoms with E-state index >= 15 is 0 Å². The van der Waals surface area contributed by atoms with Gasteiger partial charge in [-0.2, -0.15) is 5.10 Å². The lowest BCUT2D eigenvalue weighted by atomic mass is 10.2. The number of carbonyl (C=O) groups is 1. The van der Waals surface area contributed by atoms with E-state index in [1.54, 1.807) is 17.6 Å². The number of halogens is 1. The van der Waals surface area contributed by atoms with Crippen LogP contribution in [0.5, 0.6) is 0 Å². The van der Waals surface area contributed by atoms with Crippen molar-refractivity contribution in [1.29, 1.82) is 0 Å². The highest BCUT2D eigenvalue weighted by Gasteiger charge is 2.16. The maximum atomic E-state index is 12.2. The molecule has 0 aliphatic carbocycles. The molecule has 0 spiro atoms. The molecule has 0 unspecified atom stereocenters. The van der Waals surface area contributed by atoms with Crippen LogP contribution in [-0.2, 0) is 0 Å². The van der Waals surface area contributed by atoms with Crippen LogP contribution in [0.2, 0.25) is 5.02 Å². The highest BCUT2D eigenvalue weighted by Crippen LogP contribution is 2.35. The lowest BCUT2D eigenvalue weighted by Crippen LogP contribution is -2.16. The third-order valence-electron chi connectivity index (χ3n) is 3.11. The van der Waals surface area contributed by atoms with Gasteiger partial charge in [-0.15, -0.1) is 22.7 Å². The number of hydrogen-bond acceptors (Lipinski definition) is 4. The monoisotopic (exact) mass is 348 g/mol. The fourth-order valence-corrected chi connectivity index (χ4v) is 4.30. The fourth-order valence-electron chi connectivity index (χ4n) is 2.05. The molecule has 0 saturated heterocycles. The fraction of sp³-hybridized carbons (Fsp3) is 0.125. The van der Waals surface area contributed by atoms with E-state index < -0.39 is 0 Å². The summed E-state index contributed by atoms with van der Waals surface area (Å²) >= 11 is 9.30. The van der Waals surface area contributed by atoms with Gasteiger partial charge in [-0.25, -0.2) is 5.43 Å². The SMILES string of the molecule is Cc1ccc2c(Cl)c(C(=O)N/N=C/c3ccc(C)s3)sc2c1. The van der Waals surface area contributed by atoms with Crippen molar-refractivity contribution in [2.24, 2.45) is 5.10 Å². The highest BCUT2D eigenvalue weighted by molar-refractivity contribution is 7.21. The minimum Gasteiger partial charge on any atom is -0.266 e. The Morgan fingerprint density at radius 1 is 1.23 bits per heavy atom. The zero-order valence-electron chi connectivity index (χ0n) is 12.0. The molecule has 6 heteroatoms. The van der Waals surface area contributed by atoms with Gasteiger partial charge >= 0.3 is 0 Å². The minimum absolute atomic E-state index is 0.284. The van der Waals surface area contributed by atoms with Crippen LogP contribution < -0.4 is 5.43 Å². The predicted molar refractivity (Wildman–Crippen MR) is 95.7 cm³/mol. The van der Waals surface area contributed by atoms with Crippen molar-refractivity contribution in [3.63, 3.8) is 0 Å². The smallest absolute Gasteiger partial charge is 0.266 e. The normalized spacial score (nSPS) is 11.4. The Morgan fingerprint density at radius 2 is 2.05 bits per heavy atom. The minimum atomic E-state index is -0.284. The number of hydrazone groups is 1. The number of nitrogens with zero attached hydrogens (tertiary/aromatic N) is 1. The molecule has 0 saturated carbocycles. The summed E-state index contributed by atoms with van der Waals surface area (Å²) in [5, 5.41) is 5.38. The van der Waals surface area contributed by atoms with E-state index in [0.717, 1.165) is 20.5 Å². The number of thiophene rings is 2. The van der Waals surface area contributed by atoms with Crippen LogP contribution in [0.1, 0.15) is 25.0 Å². The maximum Gasteiger partial charge on any atom is 0.283 e. The predicted octanol–water partition coefficient (Wildman–Crippen LogP) is 5.00. The number of benzene rings is 1. The van der Waals surface area contributed by atoms with Crippen molar-refractivity contribution < 1.29 is 4.79 Å². The van der Waals surface area contributed by atoms with Crippen molar-refractivity contribution >= 4 is 56.5 Å². The Labute approximate surface area is 141 Å². The molecule has 3 aromatic rings. The van der Waals surface area contributed by atoms with Crippen LogP contribution in [-0.4, -0.2) is 12.1 Å². The first-order chi connectivity index (χ1) is 10.5. The second-order valence-corrected chi connectivity index (χ2v) is 7.64. The molecule has 2 aromatic heterocycles. The molecule has 1 aromatic carbocycles. The van der Waals surface area contributed by atoms with Gasteiger partial charge in [0.2, 0.25) is 0 Å². The second kappa shape index (κ2) is 6.20. The summed E-state index contributed by atoms with van der Waals surface area (Å²) in [6, 6.07) is 9.93. The zero-order chi connectivity index (χ0) is 15.7. The van der Waals surface area contributed by atoms with Gasteiger partial charge in [-0.3, -0.25) is 4.79 Å².